The van der Waals surface area contributed by atoms with E-state index >= 15 is 0 Å². The quantitative estimate of drug-likeness (QED) is 0.287. The van der Waals surface area contributed by atoms with Crippen LogP contribution in [-0.2, 0) is 14.1 Å². The van der Waals surface area contributed by atoms with Crippen LogP contribution in [0.25, 0.3) is 0 Å². The van der Waals surface area contributed by atoms with E-state index in [1.807, 2.05) is 6.92 Å². The lowest BCUT2D eigenvalue weighted by Gasteiger charge is -2.37. The highest BCUT2D eigenvalue weighted by molar-refractivity contribution is 7.54. The standard InChI is InChI=1S/C17H35O5P/c1-5-9-10-11-12-13-14-15(6-2)17(7-3,23(19,20)21)16(18)22-8-4/h15H,5-14H2,1-4H3,(H2,19,20,21). The van der Waals surface area contributed by atoms with Gasteiger partial charge in [0, 0.05) is 0 Å². The third-order valence-electron chi connectivity index (χ3n) is 4.76. The summed E-state index contributed by atoms with van der Waals surface area (Å²) in [7, 11) is -4.61. The minimum Gasteiger partial charge on any atom is -0.465 e. The molecule has 0 aliphatic heterocycles. The zero-order chi connectivity index (χ0) is 17.9. The van der Waals surface area contributed by atoms with Crippen molar-refractivity contribution < 1.29 is 23.9 Å². The minimum absolute atomic E-state index is 0.102. The summed E-state index contributed by atoms with van der Waals surface area (Å²) in [5.74, 6) is -1.09. The number of hydrogen-bond donors (Lipinski definition) is 2. The van der Waals surface area contributed by atoms with E-state index in [1.165, 1.54) is 19.3 Å². The molecule has 5 nitrogen and oxygen atoms in total. The Bertz CT molecular complexity index is 379. The van der Waals surface area contributed by atoms with Gasteiger partial charge in [0.05, 0.1) is 6.61 Å². The van der Waals surface area contributed by atoms with Crippen molar-refractivity contribution in [2.24, 2.45) is 5.92 Å². The van der Waals surface area contributed by atoms with Gasteiger partial charge in [-0.25, -0.2) is 0 Å². The zero-order valence-electron chi connectivity index (χ0n) is 15.2. The van der Waals surface area contributed by atoms with Gasteiger partial charge in [0.1, 0.15) is 0 Å². The predicted octanol–water partition coefficient (Wildman–Crippen LogP) is 4.65. The van der Waals surface area contributed by atoms with Crippen LogP contribution < -0.4 is 0 Å². The van der Waals surface area contributed by atoms with Gasteiger partial charge in [-0.05, 0) is 25.7 Å². The van der Waals surface area contributed by atoms with Crippen molar-refractivity contribution in [2.75, 3.05) is 6.61 Å². The molecule has 0 radical (unpaired) electrons. The third kappa shape index (κ3) is 6.21. The van der Waals surface area contributed by atoms with Crippen LogP contribution in [0.2, 0.25) is 0 Å². The molecule has 2 N–H and O–H groups in total. The zero-order valence-corrected chi connectivity index (χ0v) is 16.1. The second-order valence-electron chi connectivity index (χ2n) is 6.20. The lowest BCUT2D eigenvalue weighted by atomic mass is 9.82. The summed E-state index contributed by atoms with van der Waals surface area (Å²) >= 11 is 0. The van der Waals surface area contributed by atoms with Gasteiger partial charge in [-0.3, -0.25) is 9.36 Å². The van der Waals surface area contributed by atoms with Crippen LogP contribution in [0, 0.1) is 5.92 Å². The van der Waals surface area contributed by atoms with E-state index in [4.69, 9.17) is 4.74 Å². The van der Waals surface area contributed by atoms with Crippen LogP contribution in [0.5, 0.6) is 0 Å². The second-order valence-corrected chi connectivity index (χ2v) is 8.09. The maximum Gasteiger partial charge on any atom is 0.343 e. The average Bonchev–Trinajstić information content (AvgIpc) is 2.48. The van der Waals surface area contributed by atoms with Gasteiger partial charge in [-0.1, -0.05) is 65.7 Å². The Hall–Kier alpha value is -0.380. The molecule has 0 saturated carbocycles. The first-order valence-corrected chi connectivity index (χ1v) is 10.7. The SMILES string of the molecule is CCCCCCCCC(CC)C(CC)(C(=O)OCC)P(=O)(O)O. The van der Waals surface area contributed by atoms with Gasteiger partial charge < -0.3 is 14.5 Å². The van der Waals surface area contributed by atoms with Gasteiger partial charge >= 0.3 is 13.6 Å². The number of ether oxygens (including phenoxy) is 1. The number of carbonyl (C=O) groups excluding carboxylic acids is 1. The number of hydrogen-bond acceptors (Lipinski definition) is 3. The minimum atomic E-state index is -4.61. The molecule has 6 heteroatoms. The molecule has 0 saturated heterocycles. The summed E-state index contributed by atoms with van der Waals surface area (Å²) in [6.07, 6.45) is 8.00. The molecule has 0 aromatic heterocycles. The first kappa shape index (κ1) is 22.6. The highest BCUT2D eigenvalue weighted by atomic mass is 31.2. The third-order valence-corrected chi connectivity index (χ3v) is 6.67. The molecule has 0 spiro atoms. The molecule has 138 valence electrons. The largest absolute Gasteiger partial charge is 0.465 e. The molecule has 0 rings (SSSR count). The molecule has 0 fully saturated rings. The molecule has 2 atom stereocenters. The van der Waals surface area contributed by atoms with Crippen LogP contribution in [0.4, 0.5) is 0 Å². The van der Waals surface area contributed by atoms with Crippen molar-refractivity contribution in [1.29, 1.82) is 0 Å². The highest BCUT2D eigenvalue weighted by Gasteiger charge is 2.57. The van der Waals surface area contributed by atoms with Crippen molar-refractivity contribution >= 4 is 13.6 Å². The molecule has 0 aromatic carbocycles. The molecule has 0 amide bonds. The maximum absolute atomic E-state index is 12.4. The van der Waals surface area contributed by atoms with Crippen LogP contribution in [0.1, 0.15) is 85.5 Å². The van der Waals surface area contributed by atoms with E-state index in [2.05, 4.69) is 6.92 Å². The van der Waals surface area contributed by atoms with E-state index in [0.717, 1.165) is 19.3 Å². The Morgan fingerprint density at radius 3 is 2.04 bits per heavy atom. The van der Waals surface area contributed by atoms with Crippen LogP contribution in [0.3, 0.4) is 0 Å². The monoisotopic (exact) mass is 350 g/mol. The Morgan fingerprint density at radius 1 is 1.04 bits per heavy atom. The molecule has 0 bridgehead atoms. The fourth-order valence-electron chi connectivity index (χ4n) is 3.37. The van der Waals surface area contributed by atoms with Crippen LogP contribution in [0.15, 0.2) is 0 Å². The van der Waals surface area contributed by atoms with E-state index in [9.17, 15) is 19.1 Å². The molecule has 2 unspecified atom stereocenters. The first-order chi connectivity index (χ1) is 10.8. The number of rotatable bonds is 13. The average molecular weight is 350 g/mol. The molecule has 0 aliphatic rings. The van der Waals surface area contributed by atoms with Crippen molar-refractivity contribution in [1.82, 2.24) is 0 Å². The number of esters is 1. The Balaban J connectivity index is 5.03. The van der Waals surface area contributed by atoms with Crippen molar-refractivity contribution in [3.63, 3.8) is 0 Å². The molecule has 0 heterocycles. The smallest absolute Gasteiger partial charge is 0.343 e. The number of unbranched alkanes of at least 4 members (excludes halogenated alkanes) is 5. The highest BCUT2D eigenvalue weighted by Crippen LogP contribution is 2.59. The van der Waals surface area contributed by atoms with Gasteiger partial charge in [-0.15, -0.1) is 0 Å². The number of carbonyl (C=O) groups is 1. The Labute approximate surface area is 141 Å². The fraction of sp³-hybridized carbons (Fsp3) is 0.941. The molecular formula is C17H35O5P. The van der Waals surface area contributed by atoms with Gasteiger partial charge in [0.2, 0.25) is 0 Å². The summed E-state index contributed by atoms with van der Waals surface area (Å²) in [5, 5.41) is -1.69. The first-order valence-electron chi connectivity index (χ1n) is 9.04. The molecular weight excluding hydrogens is 315 g/mol. The summed E-state index contributed by atoms with van der Waals surface area (Å²) < 4.78 is 17.2. The Morgan fingerprint density at radius 2 is 1.61 bits per heavy atom. The summed E-state index contributed by atoms with van der Waals surface area (Å²) in [4.78, 5) is 32.2. The molecule has 0 aromatic rings. The topological polar surface area (TPSA) is 83.8 Å². The second kappa shape index (κ2) is 11.2. The van der Waals surface area contributed by atoms with Crippen LogP contribution >= 0.6 is 7.60 Å². The van der Waals surface area contributed by atoms with Gasteiger partial charge in [-0.2, -0.15) is 0 Å². The van der Waals surface area contributed by atoms with Crippen LogP contribution in [-0.4, -0.2) is 27.5 Å². The molecule has 23 heavy (non-hydrogen) atoms. The summed E-state index contributed by atoms with van der Waals surface area (Å²) in [6.45, 7) is 7.52. The van der Waals surface area contributed by atoms with E-state index in [-0.39, 0.29) is 18.9 Å². The van der Waals surface area contributed by atoms with Gasteiger partial charge in [0.15, 0.2) is 5.16 Å². The van der Waals surface area contributed by atoms with E-state index in [1.54, 1.807) is 13.8 Å². The summed E-state index contributed by atoms with van der Waals surface area (Å²) in [6, 6.07) is 0. The van der Waals surface area contributed by atoms with Crippen molar-refractivity contribution in [3.05, 3.63) is 0 Å². The predicted molar refractivity (Wildman–Crippen MR) is 93.5 cm³/mol. The maximum atomic E-state index is 12.4. The van der Waals surface area contributed by atoms with E-state index in [0.29, 0.717) is 12.8 Å². The molecule has 0 aliphatic carbocycles. The lowest BCUT2D eigenvalue weighted by molar-refractivity contribution is -0.149. The fourth-order valence-corrected chi connectivity index (χ4v) is 4.87. The normalized spacial score (nSPS) is 15.9. The van der Waals surface area contributed by atoms with Gasteiger partial charge in [0.25, 0.3) is 0 Å². The van der Waals surface area contributed by atoms with E-state index < -0.39 is 18.7 Å². The lowest BCUT2D eigenvalue weighted by Crippen LogP contribution is -2.46. The summed E-state index contributed by atoms with van der Waals surface area (Å²) in [5.41, 5.74) is 0. The Kier molecular flexibility index (Phi) is 11.0. The van der Waals surface area contributed by atoms with Crippen molar-refractivity contribution in [3.8, 4) is 0 Å². The van der Waals surface area contributed by atoms with Crippen molar-refractivity contribution in [2.45, 2.75) is 90.6 Å².